The molecule has 1 atom stereocenters. The third-order valence-electron chi connectivity index (χ3n) is 5.45. The zero-order valence-electron chi connectivity index (χ0n) is 19.6. The number of benzene rings is 3. The fourth-order valence-electron chi connectivity index (χ4n) is 3.36. The highest BCUT2D eigenvalue weighted by Gasteiger charge is 2.25. The highest BCUT2D eigenvalue weighted by molar-refractivity contribution is 7.91. The van der Waals surface area contributed by atoms with Gasteiger partial charge in [-0.2, -0.15) is 0 Å². The van der Waals surface area contributed by atoms with Gasteiger partial charge in [0.1, 0.15) is 6.04 Å². The minimum Gasteiger partial charge on any atom is -0.340 e. The van der Waals surface area contributed by atoms with Crippen LogP contribution >= 0.6 is 0 Å². The summed E-state index contributed by atoms with van der Waals surface area (Å²) in [5.74, 6) is -0.886. The number of hydrogen-bond acceptors (Lipinski definition) is 5. The second kappa shape index (κ2) is 10.5. The van der Waals surface area contributed by atoms with E-state index in [1.165, 1.54) is 12.1 Å². The molecule has 0 saturated heterocycles. The molecule has 0 spiro atoms. The SMILES string of the molecule is Cc1ccc(S(=O)(=O)c2ccc(NNC(=O)[C@H](NC(=O)c3ccccc3C)C(C)C)cc2)cc1. The van der Waals surface area contributed by atoms with E-state index >= 15 is 0 Å². The van der Waals surface area contributed by atoms with Crippen LogP contribution in [-0.2, 0) is 14.6 Å². The van der Waals surface area contributed by atoms with Crippen molar-refractivity contribution in [2.75, 3.05) is 5.43 Å². The van der Waals surface area contributed by atoms with Gasteiger partial charge in [0, 0.05) is 5.56 Å². The highest BCUT2D eigenvalue weighted by Crippen LogP contribution is 2.22. The summed E-state index contributed by atoms with van der Waals surface area (Å²) in [6.45, 7) is 7.41. The smallest absolute Gasteiger partial charge is 0.261 e. The zero-order valence-corrected chi connectivity index (χ0v) is 20.4. The van der Waals surface area contributed by atoms with Gasteiger partial charge in [-0.1, -0.05) is 49.7 Å². The van der Waals surface area contributed by atoms with Crippen molar-refractivity contribution < 1.29 is 18.0 Å². The lowest BCUT2D eigenvalue weighted by atomic mass is 10.0. The molecule has 3 aromatic carbocycles. The average molecular weight is 480 g/mol. The normalized spacial score (nSPS) is 12.1. The fraction of sp³-hybridized carbons (Fsp3) is 0.231. The number of carbonyl (C=O) groups is 2. The lowest BCUT2D eigenvalue weighted by Gasteiger charge is -2.22. The lowest BCUT2D eigenvalue weighted by Crippen LogP contribution is -2.51. The Morgan fingerprint density at radius 2 is 1.35 bits per heavy atom. The van der Waals surface area contributed by atoms with Gasteiger partial charge in [-0.15, -0.1) is 0 Å². The van der Waals surface area contributed by atoms with Crippen molar-refractivity contribution in [3.05, 3.63) is 89.5 Å². The van der Waals surface area contributed by atoms with Gasteiger partial charge in [0.25, 0.3) is 11.8 Å². The Labute approximate surface area is 200 Å². The van der Waals surface area contributed by atoms with Gasteiger partial charge in [-0.05, 0) is 67.8 Å². The van der Waals surface area contributed by atoms with E-state index in [0.717, 1.165) is 11.1 Å². The second-order valence-corrected chi connectivity index (χ2v) is 10.4. The summed E-state index contributed by atoms with van der Waals surface area (Å²) in [5.41, 5.74) is 8.19. The van der Waals surface area contributed by atoms with Gasteiger partial charge < -0.3 is 5.32 Å². The van der Waals surface area contributed by atoms with Gasteiger partial charge in [-0.25, -0.2) is 8.42 Å². The van der Waals surface area contributed by atoms with E-state index in [4.69, 9.17) is 0 Å². The molecular weight excluding hydrogens is 450 g/mol. The van der Waals surface area contributed by atoms with Gasteiger partial charge in [0.05, 0.1) is 15.5 Å². The first-order valence-electron chi connectivity index (χ1n) is 10.9. The Balaban J connectivity index is 1.65. The molecule has 0 unspecified atom stereocenters. The summed E-state index contributed by atoms with van der Waals surface area (Å²) in [7, 11) is -3.63. The van der Waals surface area contributed by atoms with Crippen LogP contribution in [0.1, 0.15) is 35.3 Å². The number of hydrazine groups is 1. The van der Waals surface area contributed by atoms with Gasteiger partial charge >= 0.3 is 0 Å². The number of aryl methyl sites for hydroxylation is 2. The molecule has 0 fully saturated rings. The van der Waals surface area contributed by atoms with Crippen LogP contribution in [0.4, 0.5) is 5.69 Å². The van der Waals surface area contributed by atoms with Crippen LogP contribution < -0.4 is 16.2 Å². The molecule has 0 aliphatic rings. The van der Waals surface area contributed by atoms with E-state index in [2.05, 4.69) is 16.2 Å². The topological polar surface area (TPSA) is 104 Å². The predicted molar refractivity (Wildman–Crippen MR) is 132 cm³/mol. The van der Waals surface area contributed by atoms with E-state index < -0.39 is 21.8 Å². The third-order valence-corrected chi connectivity index (χ3v) is 7.24. The van der Waals surface area contributed by atoms with Crippen molar-refractivity contribution in [3.63, 3.8) is 0 Å². The molecule has 3 N–H and O–H groups in total. The van der Waals surface area contributed by atoms with Crippen LogP contribution in [-0.4, -0.2) is 26.3 Å². The Bertz CT molecular complexity index is 1270. The Morgan fingerprint density at radius 1 is 0.794 bits per heavy atom. The summed E-state index contributed by atoms with van der Waals surface area (Å²) < 4.78 is 25.6. The van der Waals surface area contributed by atoms with Crippen molar-refractivity contribution in [1.82, 2.24) is 10.7 Å². The van der Waals surface area contributed by atoms with Gasteiger partial charge in [-0.3, -0.25) is 20.4 Å². The summed E-state index contributed by atoms with van der Waals surface area (Å²) in [6.07, 6.45) is 0. The van der Waals surface area contributed by atoms with Crippen LogP contribution in [0.5, 0.6) is 0 Å². The molecule has 0 aromatic heterocycles. The van der Waals surface area contributed by atoms with Crippen LogP contribution in [0, 0.1) is 19.8 Å². The number of sulfone groups is 1. The summed E-state index contributed by atoms with van der Waals surface area (Å²) >= 11 is 0. The Hall–Kier alpha value is -3.65. The highest BCUT2D eigenvalue weighted by atomic mass is 32.2. The fourth-order valence-corrected chi connectivity index (χ4v) is 4.63. The largest absolute Gasteiger partial charge is 0.340 e. The van der Waals surface area contributed by atoms with E-state index in [1.807, 2.05) is 39.8 Å². The first-order chi connectivity index (χ1) is 16.1. The molecule has 3 rings (SSSR count). The minimum absolute atomic E-state index is 0.152. The average Bonchev–Trinajstić information content (AvgIpc) is 2.81. The van der Waals surface area contributed by atoms with Crippen LogP contribution in [0.2, 0.25) is 0 Å². The number of hydrogen-bond donors (Lipinski definition) is 3. The molecule has 0 radical (unpaired) electrons. The molecule has 8 heteroatoms. The van der Waals surface area contributed by atoms with E-state index in [1.54, 1.807) is 48.5 Å². The monoisotopic (exact) mass is 479 g/mol. The number of carbonyl (C=O) groups excluding carboxylic acids is 2. The summed E-state index contributed by atoms with van der Waals surface area (Å²) in [6, 6.07) is 19.2. The Morgan fingerprint density at radius 3 is 1.91 bits per heavy atom. The van der Waals surface area contributed by atoms with Crippen molar-refractivity contribution in [3.8, 4) is 0 Å². The predicted octanol–water partition coefficient (Wildman–Crippen LogP) is 4.03. The molecule has 2 amide bonds. The maximum atomic E-state index is 12.8. The maximum Gasteiger partial charge on any atom is 0.261 e. The number of nitrogens with one attached hydrogen (secondary N) is 3. The second-order valence-electron chi connectivity index (χ2n) is 8.47. The standard InChI is InChI=1S/C26H29N3O4S/c1-17(2)24(27-25(30)23-8-6-5-7-19(23)4)26(31)29-28-20-11-15-22(16-12-20)34(32,33)21-13-9-18(3)10-14-21/h5-17,24,28H,1-4H3,(H,27,30)(H,29,31)/t24-/m1/s1. The first-order valence-corrected chi connectivity index (χ1v) is 12.4. The molecule has 0 bridgehead atoms. The van der Waals surface area contributed by atoms with Crippen molar-refractivity contribution in [1.29, 1.82) is 0 Å². The Kier molecular flexibility index (Phi) is 7.73. The third kappa shape index (κ3) is 5.82. The van der Waals surface area contributed by atoms with Crippen LogP contribution in [0.15, 0.2) is 82.6 Å². The molecule has 0 heterocycles. The lowest BCUT2D eigenvalue weighted by molar-refractivity contribution is -0.123. The van der Waals surface area contributed by atoms with Crippen LogP contribution in [0.25, 0.3) is 0 Å². The zero-order chi connectivity index (χ0) is 24.9. The number of rotatable bonds is 8. The summed E-state index contributed by atoms with van der Waals surface area (Å²) in [5, 5.41) is 2.79. The molecule has 3 aromatic rings. The number of anilines is 1. The first kappa shape index (κ1) is 25.0. The molecule has 0 saturated carbocycles. The molecule has 34 heavy (non-hydrogen) atoms. The minimum atomic E-state index is -3.63. The summed E-state index contributed by atoms with van der Waals surface area (Å²) in [4.78, 5) is 25.8. The van der Waals surface area contributed by atoms with Crippen LogP contribution in [0.3, 0.4) is 0 Å². The molecule has 0 aliphatic carbocycles. The van der Waals surface area contributed by atoms with E-state index in [-0.39, 0.29) is 21.6 Å². The molecule has 7 nitrogen and oxygen atoms in total. The molecular formula is C26H29N3O4S. The van der Waals surface area contributed by atoms with Crippen molar-refractivity contribution in [2.45, 2.75) is 43.5 Å². The van der Waals surface area contributed by atoms with Gasteiger partial charge in [0.15, 0.2) is 0 Å². The molecule has 0 aliphatic heterocycles. The van der Waals surface area contributed by atoms with Gasteiger partial charge in [0.2, 0.25) is 9.84 Å². The quantitative estimate of drug-likeness (QED) is 0.423. The molecule has 178 valence electrons. The maximum absolute atomic E-state index is 12.8. The van der Waals surface area contributed by atoms with E-state index in [9.17, 15) is 18.0 Å². The number of amides is 2. The van der Waals surface area contributed by atoms with Crippen molar-refractivity contribution >= 4 is 27.3 Å². The van der Waals surface area contributed by atoms with Crippen molar-refractivity contribution in [2.24, 2.45) is 5.92 Å². The van der Waals surface area contributed by atoms with E-state index in [0.29, 0.717) is 11.3 Å².